The maximum absolute atomic E-state index is 10.7. The van der Waals surface area contributed by atoms with Crippen LogP contribution < -0.4 is 9.47 Å². The molecule has 1 atom stereocenters. The average molecular weight is 263 g/mol. The standard InChI is InChI=1S/C10H11ClO6/c1-16-5-3-4(12)6(8(13)10(14)15)7(11)9(5)17-2/h3,8,12-13H,1-2H3,(H,14,15). The summed E-state index contributed by atoms with van der Waals surface area (Å²) in [5.74, 6) is -1.84. The van der Waals surface area contributed by atoms with Crippen molar-refractivity contribution in [1.82, 2.24) is 0 Å². The van der Waals surface area contributed by atoms with Crippen molar-refractivity contribution in [2.24, 2.45) is 0 Å². The van der Waals surface area contributed by atoms with Gasteiger partial charge in [0.1, 0.15) is 5.75 Å². The highest BCUT2D eigenvalue weighted by Gasteiger charge is 2.27. The molecule has 17 heavy (non-hydrogen) atoms. The number of aromatic hydroxyl groups is 1. The van der Waals surface area contributed by atoms with Crippen LogP contribution in [0.3, 0.4) is 0 Å². The van der Waals surface area contributed by atoms with Crippen molar-refractivity contribution in [3.63, 3.8) is 0 Å². The molecule has 3 N–H and O–H groups in total. The van der Waals surface area contributed by atoms with E-state index in [2.05, 4.69) is 0 Å². The largest absolute Gasteiger partial charge is 0.507 e. The van der Waals surface area contributed by atoms with Crippen LogP contribution in [0.15, 0.2) is 6.07 Å². The second-order valence-corrected chi connectivity index (χ2v) is 3.48. The molecule has 0 radical (unpaired) electrons. The fraction of sp³-hybridized carbons (Fsp3) is 0.300. The number of phenolic OH excluding ortho intramolecular Hbond substituents is 1. The molecule has 94 valence electrons. The summed E-state index contributed by atoms with van der Waals surface area (Å²) in [5.41, 5.74) is -0.336. The van der Waals surface area contributed by atoms with E-state index in [0.717, 1.165) is 6.07 Å². The van der Waals surface area contributed by atoms with Gasteiger partial charge in [-0.15, -0.1) is 0 Å². The zero-order valence-electron chi connectivity index (χ0n) is 9.10. The first-order valence-corrected chi connectivity index (χ1v) is 4.86. The number of carboxylic acid groups (broad SMARTS) is 1. The highest BCUT2D eigenvalue weighted by Crippen LogP contribution is 2.44. The lowest BCUT2D eigenvalue weighted by atomic mass is 10.1. The van der Waals surface area contributed by atoms with Crippen LogP contribution >= 0.6 is 11.6 Å². The van der Waals surface area contributed by atoms with Crippen molar-refractivity contribution >= 4 is 17.6 Å². The second-order valence-electron chi connectivity index (χ2n) is 3.10. The molecule has 0 heterocycles. The van der Waals surface area contributed by atoms with Gasteiger partial charge in [-0.05, 0) is 0 Å². The fourth-order valence-electron chi connectivity index (χ4n) is 1.34. The topological polar surface area (TPSA) is 96.2 Å². The third-order valence-electron chi connectivity index (χ3n) is 2.13. The lowest BCUT2D eigenvalue weighted by Gasteiger charge is -2.16. The molecule has 7 heteroatoms. The lowest BCUT2D eigenvalue weighted by Crippen LogP contribution is -2.12. The molecule has 0 spiro atoms. The number of aliphatic hydroxyl groups is 1. The number of hydrogen-bond donors (Lipinski definition) is 3. The third kappa shape index (κ3) is 2.37. The number of ether oxygens (including phenoxy) is 2. The molecule has 0 saturated carbocycles. The number of rotatable bonds is 4. The van der Waals surface area contributed by atoms with Crippen LogP contribution in [0, 0.1) is 0 Å². The monoisotopic (exact) mass is 262 g/mol. The van der Waals surface area contributed by atoms with Crippen LogP contribution in [0.25, 0.3) is 0 Å². The number of aliphatic hydroxyl groups excluding tert-OH is 1. The number of hydrogen-bond acceptors (Lipinski definition) is 5. The Morgan fingerprint density at radius 2 is 2.00 bits per heavy atom. The van der Waals surface area contributed by atoms with E-state index in [1.807, 2.05) is 0 Å². The molecule has 1 aromatic rings. The molecular formula is C10H11ClO6. The van der Waals surface area contributed by atoms with E-state index in [1.54, 1.807) is 0 Å². The summed E-state index contributed by atoms with van der Waals surface area (Å²) < 4.78 is 9.82. The Balaban J connectivity index is 3.47. The van der Waals surface area contributed by atoms with Gasteiger partial charge in [0.15, 0.2) is 17.6 Å². The quantitative estimate of drug-likeness (QED) is 0.754. The van der Waals surface area contributed by atoms with Gasteiger partial charge < -0.3 is 24.8 Å². The SMILES string of the molecule is COc1cc(O)c(C(O)C(=O)O)c(Cl)c1OC. The normalized spacial score (nSPS) is 12.0. The van der Waals surface area contributed by atoms with Crippen molar-refractivity contribution in [3.05, 3.63) is 16.7 Å². The molecule has 0 aliphatic heterocycles. The van der Waals surface area contributed by atoms with Gasteiger partial charge in [0, 0.05) is 6.07 Å². The maximum Gasteiger partial charge on any atom is 0.337 e. The Morgan fingerprint density at radius 1 is 1.41 bits per heavy atom. The maximum atomic E-state index is 10.7. The van der Waals surface area contributed by atoms with Crippen LogP contribution in [0.2, 0.25) is 5.02 Å². The van der Waals surface area contributed by atoms with Crippen molar-refractivity contribution in [2.75, 3.05) is 14.2 Å². The molecule has 0 aromatic heterocycles. The first-order chi connectivity index (χ1) is 7.93. The molecule has 1 unspecified atom stereocenters. The first kappa shape index (κ1) is 13.4. The van der Waals surface area contributed by atoms with E-state index < -0.39 is 17.8 Å². The van der Waals surface area contributed by atoms with Crippen LogP contribution in [0.5, 0.6) is 17.2 Å². The summed E-state index contributed by atoms with van der Waals surface area (Å²) in [5, 5.41) is 27.5. The van der Waals surface area contributed by atoms with Gasteiger partial charge in [-0.1, -0.05) is 11.6 Å². The fourth-order valence-corrected chi connectivity index (χ4v) is 1.71. The lowest BCUT2D eigenvalue weighted by molar-refractivity contribution is -0.147. The number of methoxy groups -OCH3 is 2. The Morgan fingerprint density at radius 3 is 2.41 bits per heavy atom. The van der Waals surface area contributed by atoms with Crippen molar-refractivity contribution in [3.8, 4) is 17.2 Å². The number of aliphatic carboxylic acids is 1. The summed E-state index contributed by atoms with van der Waals surface area (Å²) in [6, 6.07) is 1.12. The van der Waals surface area contributed by atoms with E-state index in [1.165, 1.54) is 14.2 Å². The number of carboxylic acids is 1. The highest BCUT2D eigenvalue weighted by molar-refractivity contribution is 6.33. The van der Waals surface area contributed by atoms with Gasteiger partial charge in [0.25, 0.3) is 0 Å². The average Bonchev–Trinajstić information content (AvgIpc) is 2.27. The minimum atomic E-state index is -1.94. The summed E-state index contributed by atoms with van der Waals surface area (Å²) in [6.07, 6.45) is -1.94. The van der Waals surface area contributed by atoms with Crippen LogP contribution in [-0.4, -0.2) is 35.5 Å². The number of phenols is 1. The van der Waals surface area contributed by atoms with E-state index in [4.69, 9.17) is 26.2 Å². The highest BCUT2D eigenvalue weighted by atomic mass is 35.5. The minimum absolute atomic E-state index is 0.0438. The van der Waals surface area contributed by atoms with Crippen molar-refractivity contribution in [2.45, 2.75) is 6.10 Å². The third-order valence-corrected chi connectivity index (χ3v) is 2.51. The number of carbonyl (C=O) groups is 1. The zero-order chi connectivity index (χ0) is 13.2. The minimum Gasteiger partial charge on any atom is -0.507 e. The molecule has 0 fully saturated rings. The predicted octanol–water partition coefficient (Wildman–Crippen LogP) is 1.18. The van der Waals surface area contributed by atoms with Gasteiger partial charge in [0.05, 0.1) is 24.8 Å². The Hall–Kier alpha value is -1.66. The zero-order valence-corrected chi connectivity index (χ0v) is 9.85. The molecule has 0 aliphatic rings. The summed E-state index contributed by atoms with van der Waals surface area (Å²) in [6.45, 7) is 0. The molecule has 6 nitrogen and oxygen atoms in total. The first-order valence-electron chi connectivity index (χ1n) is 4.48. The van der Waals surface area contributed by atoms with Gasteiger partial charge in [-0.2, -0.15) is 0 Å². The molecule has 0 bridgehead atoms. The summed E-state index contributed by atoms with van der Waals surface area (Å²) >= 11 is 5.85. The molecule has 0 saturated heterocycles. The number of halogens is 1. The molecule has 1 aromatic carbocycles. The van der Waals surface area contributed by atoms with Crippen molar-refractivity contribution in [1.29, 1.82) is 0 Å². The number of benzene rings is 1. The Labute approximate surface area is 102 Å². The Bertz CT molecular complexity index is 445. The van der Waals surface area contributed by atoms with Gasteiger partial charge in [-0.25, -0.2) is 4.79 Å². The predicted molar refractivity (Wildman–Crippen MR) is 58.8 cm³/mol. The van der Waals surface area contributed by atoms with E-state index >= 15 is 0 Å². The van der Waals surface area contributed by atoms with Gasteiger partial charge in [-0.3, -0.25) is 0 Å². The van der Waals surface area contributed by atoms with Gasteiger partial charge >= 0.3 is 5.97 Å². The molecular weight excluding hydrogens is 252 g/mol. The van der Waals surface area contributed by atoms with E-state index in [-0.39, 0.29) is 22.1 Å². The smallest absolute Gasteiger partial charge is 0.337 e. The van der Waals surface area contributed by atoms with Crippen molar-refractivity contribution < 1.29 is 29.6 Å². The summed E-state index contributed by atoms with van der Waals surface area (Å²) in [7, 11) is 2.64. The molecule has 0 aliphatic carbocycles. The van der Waals surface area contributed by atoms with E-state index in [9.17, 15) is 15.0 Å². The summed E-state index contributed by atoms with van der Waals surface area (Å²) in [4.78, 5) is 10.7. The Kier molecular flexibility index (Phi) is 4.03. The second kappa shape index (κ2) is 5.11. The van der Waals surface area contributed by atoms with E-state index in [0.29, 0.717) is 0 Å². The van der Waals surface area contributed by atoms with Crippen LogP contribution in [0.1, 0.15) is 11.7 Å². The molecule has 0 amide bonds. The van der Waals surface area contributed by atoms with Crippen LogP contribution in [0.4, 0.5) is 0 Å². The van der Waals surface area contributed by atoms with Gasteiger partial charge in [0.2, 0.25) is 0 Å². The van der Waals surface area contributed by atoms with Crippen LogP contribution in [-0.2, 0) is 4.79 Å². The molecule has 1 rings (SSSR count).